The molecular formula is C15H18Br2N4O4S. The second-order valence-electron chi connectivity index (χ2n) is 5.66. The van der Waals surface area contributed by atoms with Crippen LogP contribution in [0.3, 0.4) is 0 Å². The second kappa shape index (κ2) is 9.03. The summed E-state index contributed by atoms with van der Waals surface area (Å²) in [6, 6.07) is 4.02. The molecule has 1 aliphatic heterocycles. The van der Waals surface area contributed by atoms with Gasteiger partial charge in [0.1, 0.15) is 6.61 Å². The van der Waals surface area contributed by atoms with Crippen LogP contribution < -0.4 is 10.0 Å². The number of rotatable bonds is 6. The maximum absolute atomic E-state index is 12.7. The number of carbonyl (C=O) groups excluding carboxylic acids is 1. The number of alkyl carbamates (subject to hydrolysis) is 1. The van der Waals surface area contributed by atoms with E-state index in [0.29, 0.717) is 21.9 Å². The van der Waals surface area contributed by atoms with Crippen LogP contribution in [0.4, 0.5) is 4.79 Å². The van der Waals surface area contributed by atoms with Crippen LogP contribution in [-0.2, 0) is 14.8 Å². The van der Waals surface area contributed by atoms with Crippen molar-refractivity contribution in [3.8, 4) is 6.19 Å². The Morgan fingerprint density at radius 3 is 2.85 bits per heavy atom. The van der Waals surface area contributed by atoms with Crippen molar-refractivity contribution in [3.63, 3.8) is 0 Å². The minimum absolute atomic E-state index is 0.0121. The zero-order valence-corrected chi connectivity index (χ0v) is 17.9. The minimum atomic E-state index is -3.77. The number of nitrogens with zero attached hydrogens (tertiary/aromatic N) is 2. The highest BCUT2D eigenvalue weighted by atomic mass is 79.9. The summed E-state index contributed by atoms with van der Waals surface area (Å²) in [5.74, 6) is 0. The van der Waals surface area contributed by atoms with Crippen LogP contribution in [0.2, 0.25) is 0 Å². The fourth-order valence-corrected chi connectivity index (χ4v) is 5.36. The smallest absolute Gasteiger partial charge is 0.407 e. The first kappa shape index (κ1) is 21.0. The van der Waals surface area contributed by atoms with Crippen molar-refractivity contribution in [2.75, 3.05) is 19.7 Å². The molecule has 0 radical (unpaired) electrons. The van der Waals surface area contributed by atoms with Gasteiger partial charge in [0.15, 0.2) is 6.19 Å². The predicted molar refractivity (Wildman–Crippen MR) is 102 cm³/mol. The van der Waals surface area contributed by atoms with E-state index in [1.54, 1.807) is 19.1 Å². The van der Waals surface area contributed by atoms with Crippen molar-refractivity contribution in [1.82, 2.24) is 14.9 Å². The van der Waals surface area contributed by atoms with Gasteiger partial charge < -0.3 is 15.0 Å². The predicted octanol–water partition coefficient (Wildman–Crippen LogP) is 2.16. The molecular weight excluding hydrogens is 492 g/mol. The maximum Gasteiger partial charge on any atom is 0.407 e. The van der Waals surface area contributed by atoms with E-state index in [1.807, 2.05) is 6.19 Å². The van der Waals surface area contributed by atoms with Gasteiger partial charge in [-0.05, 0) is 47.5 Å². The molecule has 1 saturated heterocycles. The average molecular weight is 510 g/mol. The van der Waals surface area contributed by atoms with E-state index in [1.165, 1.54) is 11.0 Å². The SMILES string of the molecule is CCNC(=O)OC[C@H]1C[C@@H](NS(=O)(=O)c2cc(Br)ccc2Br)CN1C#N. The zero-order valence-electron chi connectivity index (χ0n) is 13.9. The third-order valence-corrected chi connectivity index (χ3v) is 6.78. The number of halogens is 2. The van der Waals surface area contributed by atoms with Gasteiger partial charge in [0.05, 0.1) is 10.9 Å². The molecule has 142 valence electrons. The van der Waals surface area contributed by atoms with E-state index in [0.717, 1.165) is 0 Å². The van der Waals surface area contributed by atoms with Gasteiger partial charge in [-0.3, -0.25) is 0 Å². The first-order chi connectivity index (χ1) is 12.3. The highest BCUT2D eigenvalue weighted by molar-refractivity contribution is 9.11. The summed E-state index contributed by atoms with van der Waals surface area (Å²) in [5.41, 5.74) is 0. The average Bonchev–Trinajstić information content (AvgIpc) is 2.96. The number of likely N-dealkylation sites (tertiary alicyclic amines) is 1. The molecule has 2 rings (SSSR count). The quantitative estimate of drug-likeness (QED) is 0.568. The van der Waals surface area contributed by atoms with Crippen LogP contribution in [0, 0.1) is 11.5 Å². The Morgan fingerprint density at radius 2 is 2.19 bits per heavy atom. The molecule has 2 atom stereocenters. The fraction of sp³-hybridized carbons (Fsp3) is 0.467. The number of nitriles is 1. The third kappa shape index (κ3) is 5.33. The van der Waals surface area contributed by atoms with Crippen molar-refractivity contribution in [2.24, 2.45) is 0 Å². The van der Waals surface area contributed by atoms with E-state index in [2.05, 4.69) is 41.9 Å². The molecule has 0 spiro atoms. The molecule has 1 fully saturated rings. The normalized spacial score (nSPS) is 19.8. The molecule has 0 saturated carbocycles. The highest BCUT2D eigenvalue weighted by Gasteiger charge is 2.35. The van der Waals surface area contributed by atoms with Gasteiger partial charge >= 0.3 is 6.09 Å². The van der Waals surface area contributed by atoms with E-state index < -0.39 is 22.2 Å². The molecule has 1 aromatic rings. The van der Waals surface area contributed by atoms with Crippen LogP contribution in [0.25, 0.3) is 0 Å². The Hall–Kier alpha value is -1.35. The summed E-state index contributed by atoms with van der Waals surface area (Å²) in [7, 11) is -3.77. The molecule has 0 bridgehead atoms. The summed E-state index contributed by atoms with van der Waals surface area (Å²) >= 11 is 6.50. The number of hydrogen-bond acceptors (Lipinski definition) is 6. The lowest BCUT2D eigenvalue weighted by Crippen LogP contribution is -2.36. The summed E-state index contributed by atoms with van der Waals surface area (Å²) < 4.78 is 34.1. The number of amides is 1. The lowest BCUT2D eigenvalue weighted by atomic mass is 10.2. The largest absolute Gasteiger partial charge is 0.447 e. The summed E-state index contributed by atoms with van der Waals surface area (Å²) in [5, 5.41) is 11.7. The van der Waals surface area contributed by atoms with Gasteiger partial charge in [-0.15, -0.1) is 0 Å². The molecule has 2 N–H and O–H groups in total. The summed E-state index contributed by atoms with van der Waals surface area (Å²) in [4.78, 5) is 12.9. The number of nitrogens with one attached hydrogen (secondary N) is 2. The molecule has 11 heteroatoms. The first-order valence-corrected chi connectivity index (χ1v) is 10.9. The Morgan fingerprint density at radius 1 is 1.46 bits per heavy atom. The summed E-state index contributed by atoms with van der Waals surface area (Å²) in [6.45, 7) is 2.43. The lowest BCUT2D eigenvalue weighted by Gasteiger charge is -2.17. The fourth-order valence-electron chi connectivity index (χ4n) is 2.62. The monoisotopic (exact) mass is 508 g/mol. The first-order valence-electron chi connectivity index (χ1n) is 7.81. The van der Waals surface area contributed by atoms with E-state index in [9.17, 15) is 18.5 Å². The molecule has 1 aliphatic rings. The number of sulfonamides is 1. The molecule has 8 nitrogen and oxygen atoms in total. The zero-order chi connectivity index (χ0) is 19.3. The Balaban J connectivity index is 2.05. The maximum atomic E-state index is 12.7. The van der Waals surface area contributed by atoms with Crippen LogP contribution >= 0.6 is 31.9 Å². The van der Waals surface area contributed by atoms with Gasteiger partial charge in [0.25, 0.3) is 0 Å². The second-order valence-corrected chi connectivity index (χ2v) is 9.12. The third-order valence-electron chi connectivity index (χ3n) is 3.78. The lowest BCUT2D eigenvalue weighted by molar-refractivity contribution is 0.122. The molecule has 0 unspecified atom stereocenters. The molecule has 0 aromatic heterocycles. The van der Waals surface area contributed by atoms with Crippen molar-refractivity contribution >= 4 is 48.0 Å². The van der Waals surface area contributed by atoms with Crippen molar-refractivity contribution in [2.45, 2.75) is 30.3 Å². The topological polar surface area (TPSA) is 112 Å². The minimum Gasteiger partial charge on any atom is -0.447 e. The highest BCUT2D eigenvalue weighted by Crippen LogP contribution is 2.27. The van der Waals surface area contributed by atoms with Crippen LogP contribution in [0.5, 0.6) is 0 Å². The van der Waals surface area contributed by atoms with Gasteiger partial charge in [0, 0.05) is 28.1 Å². The van der Waals surface area contributed by atoms with Gasteiger partial charge in [0.2, 0.25) is 10.0 Å². The van der Waals surface area contributed by atoms with E-state index in [4.69, 9.17) is 4.74 Å². The van der Waals surface area contributed by atoms with Crippen LogP contribution in [-0.4, -0.2) is 51.2 Å². The van der Waals surface area contributed by atoms with Crippen LogP contribution in [0.15, 0.2) is 32.0 Å². The van der Waals surface area contributed by atoms with E-state index in [-0.39, 0.29) is 24.1 Å². The van der Waals surface area contributed by atoms with E-state index >= 15 is 0 Å². The van der Waals surface area contributed by atoms with Gasteiger partial charge in [-0.2, -0.15) is 5.26 Å². The molecule has 1 aromatic carbocycles. The number of ether oxygens (including phenoxy) is 1. The Bertz CT molecular complexity index is 812. The molecule has 1 heterocycles. The number of hydrogen-bond donors (Lipinski definition) is 2. The molecule has 1 amide bonds. The van der Waals surface area contributed by atoms with Crippen molar-refractivity contribution in [1.29, 1.82) is 5.26 Å². The van der Waals surface area contributed by atoms with Crippen LogP contribution in [0.1, 0.15) is 13.3 Å². The number of benzene rings is 1. The standard InChI is InChI=1S/C15H18Br2N4O4S/c1-2-19-15(22)25-8-12-6-11(7-21(12)9-18)20-26(23,24)14-5-10(16)3-4-13(14)17/h3-5,11-12,20H,2,6-8H2,1H3,(H,19,22)/t11-,12-/m1/s1. The molecule has 26 heavy (non-hydrogen) atoms. The number of carbonyl (C=O) groups is 1. The van der Waals surface area contributed by atoms with Gasteiger partial charge in [-0.1, -0.05) is 15.9 Å². The van der Waals surface area contributed by atoms with Gasteiger partial charge in [-0.25, -0.2) is 17.9 Å². The Labute approximate surface area is 169 Å². The summed E-state index contributed by atoms with van der Waals surface area (Å²) in [6.07, 6.45) is 1.81. The van der Waals surface area contributed by atoms with Crippen molar-refractivity contribution in [3.05, 3.63) is 27.1 Å². The van der Waals surface area contributed by atoms with Crippen molar-refractivity contribution < 1.29 is 17.9 Å². The molecule has 0 aliphatic carbocycles. The Kier molecular flexibility index (Phi) is 7.28.